The molecule has 1 fully saturated rings. The van der Waals surface area contributed by atoms with Gasteiger partial charge in [-0.1, -0.05) is 52.5 Å². The van der Waals surface area contributed by atoms with Gasteiger partial charge in [0, 0.05) is 9.75 Å². The summed E-state index contributed by atoms with van der Waals surface area (Å²) in [5.41, 5.74) is 1.79. The Morgan fingerprint density at radius 1 is 0.957 bits per heavy atom. The highest BCUT2D eigenvalue weighted by atomic mass is 32.1. The van der Waals surface area contributed by atoms with Crippen molar-refractivity contribution >= 4 is 33.1 Å². The SMILES string of the molecule is CC(C)(C)c1sc(C2CCCC(C(C)(C)C)CC2)c2snnc12. The molecule has 0 N–H and O–H groups in total. The van der Waals surface area contributed by atoms with E-state index in [2.05, 4.69) is 51.1 Å². The summed E-state index contributed by atoms with van der Waals surface area (Å²) in [4.78, 5) is 3.00. The quantitative estimate of drug-likeness (QED) is 0.531. The number of nitrogens with zero attached hydrogens (tertiary/aromatic N) is 2. The number of rotatable bonds is 1. The molecule has 1 aliphatic carbocycles. The Labute approximate surface area is 148 Å². The number of fused-ring (bicyclic) bond motifs is 1. The van der Waals surface area contributed by atoms with Crippen LogP contribution in [0.5, 0.6) is 0 Å². The number of thiophene rings is 1. The summed E-state index contributed by atoms with van der Waals surface area (Å²) >= 11 is 3.63. The van der Waals surface area contributed by atoms with E-state index in [1.54, 1.807) is 16.4 Å². The van der Waals surface area contributed by atoms with Crippen molar-refractivity contribution < 1.29 is 0 Å². The summed E-state index contributed by atoms with van der Waals surface area (Å²) in [7, 11) is 0. The van der Waals surface area contributed by atoms with Gasteiger partial charge in [-0.05, 0) is 59.9 Å². The summed E-state index contributed by atoms with van der Waals surface area (Å²) < 4.78 is 5.64. The summed E-state index contributed by atoms with van der Waals surface area (Å²) in [6.07, 6.45) is 6.79. The molecule has 0 amide bonds. The fourth-order valence-corrected chi connectivity index (χ4v) is 6.26. The molecule has 0 saturated heterocycles. The average Bonchev–Trinajstić information content (AvgIpc) is 2.91. The Kier molecular flexibility index (Phi) is 4.61. The predicted molar refractivity (Wildman–Crippen MR) is 103 cm³/mol. The van der Waals surface area contributed by atoms with E-state index in [1.165, 1.54) is 47.2 Å². The Morgan fingerprint density at radius 3 is 2.35 bits per heavy atom. The van der Waals surface area contributed by atoms with Gasteiger partial charge in [-0.3, -0.25) is 0 Å². The first-order chi connectivity index (χ1) is 10.7. The molecule has 2 nitrogen and oxygen atoms in total. The van der Waals surface area contributed by atoms with E-state index >= 15 is 0 Å². The van der Waals surface area contributed by atoms with Gasteiger partial charge in [0.2, 0.25) is 0 Å². The molecule has 2 aromatic heterocycles. The van der Waals surface area contributed by atoms with E-state index < -0.39 is 0 Å². The van der Waals surface area contributed by atoms with Gasteiger partial charge in [0.05, 0.1) is 4.70 Å². The second-order valence-corrected chi connectivity index (χ2v) is 11.1. The molecular formula is C19H30N2S2. The molecule has 128 valence electrons. The lowest BCUT2D eigenvalue weighted by molar-refractivity contribution is 0.214. The van der Waals surface area contributed by atoms with Crippen molar-refractivity contribution in [3.63, 3.8) is 0 Å². The van der Waals surface area contributed by atoms with Crippen LogP contribution in [0.25, 0.3) is 10.2 Å². The molecule has 0 bridgehead atoms. The van der Waals surface area contributed by atoms with Gasteiger partial charge in [-0.25, -0.2) is 0 Å². The lowest BCUT2D eigenvalue weighted by Gasteiger charge is -2.29. The van der Waals surface area contributed by atoms with Gasteiger partial charge >= 0.3 is 0 Å². The average molecular weight is 351 g/mol. The first kappa shape index (κ1) is 17.3. The molecule has 1 aliphatic rings. The highest BCUT2D eigenvalue weighted by molar-refractivity contribution is 7.21. The van der Waals surface area contributed by atoms with E-state index in [9.17, 15) is 0 Å². The monoisotopic (exact) mass is 350 g/mol. The van der Waals surface area contributed by atoms with Crippen LogP contribution in [0.4, 0.5) is 0 Å². The summed E-state index contributed by atoms with van der Waals surface area (Å²) in [6, 6.07) is 0. The van der Waals surface area contributed by atoms with Crippen LogP contribution in [0.3, 0.4) is 0 Å². The third-order valence-electron chi connectivity index (χ3n) is 5.38. The lowest BCUT2D eigenvalue weighted by atomic mass is 9.76. The van der Waals surface area contributed by atoms with Crippen LogP contribution in [-0.2, 0) is 5.41 Å². The fourth-order valence-electron chi connectivity index (χ4n) is 3.91. The van der Waals surface area contributed by atoms with Crippen LogP contribution in [0.15, 0.2) is 0 Å². The topological polar surface area (TPSA) is 25.8 Å². The normalized spacial score (nSPS) is 24.1. The first-order valence-corrected chi connectivity index (χ1v) is 10.5. The molecule has 0 spiro atoms. The maximum atomic E-state index is 4.46. The second-order valence-electron chi connectivity index (χ2n) is 9.26. The molecule has 3 rings (SSSR count). The molecule has 4 heteroatoms. The molecule has 0 aliphatic heterocycles. The first-order valence-electron chi connectivity index (χ1n) is 8.93. The van der Waals surface area contributed by atoms with Crippen molar-refractivity contribution in [1.29, 1.82) is 0 Å². The van der Waals surface area contributed by atoms with Crippen LogP contribution < -0.4 is 0 Å². The molecule has 0 radical (unpaired) electrons. The summed E-state index contributed by atoms with van der Waals surface area (Å²) in [5.74, 6) is 1.58. The van der Waals surface area contributed by atoms with Crippen LogP contribution >= 0.6 is 22.9 Å². The number of aromatic nitrogens is 2. The molecule has 0 aromatic carbocycles. The molecular weight excluding hydrogens is 320 g/mol. The molecule has 23 heavy (non-hydrogen) atoms. The van der Waals surface area contributed by atoms with Gasteiger partial charge in [-0.15, -0.1) is 16.4 Å². The number of hydrogen-bond donors (Lipinski definition) is 0. The Bertz CT molecular complexity index is 670. The zero-order valence-electron chi connectivity index (χ0n) is 15.4. The predicted octanol–water partition coefficient (Wildman–Crippen LogP) is 6.76. The van der Waals surface area contributed by atoms with Crippen LogP contribution in [0.1, 0.15) is 89.3 Å². The lowest BCUT2D eigenvalue weighted by Crippen LogP contribution is -2.19. The van der Waals surface area contributed by atoms with Crippen molar-refractivity contribution in [2.75, 3.05) is 0 Å². The van der Waals surface area contributed by atoms with Gasteiger partial charge in [0.25, 0.3) is 0 Å². The van der Waals surface area contributed by atoms with Gasteiger partial charge < -0.3 is 0 Å². The molecule has 2 unspecified atom stereocenters. The van der Waals surface area contributed by atoms with Crippen molar-refractivity contribution in [1.82, 2.24) is 9.59 Å². The summed E-state index contributed by atoms with van der Waals surface area (Å²) in [6.45, 7) is 14.1. The highest BCUT2D eigenvalue weighted by Crippen LogP contribution is 2.48. The maximum absolute atomic E-state index is 4.46. The molecule has 2 heterocycles. The van der Waals surface area contributed by atoms with E-state index in [-0.39, 0.29) is 5.41 Å². The van der Waals surface area contributed by atoms with Gasteiger partial charge in [0.1, 0.15) is 5.52 Å². The third-order valence-corrected chi connectivity index (χ3v) is 8.04. The Balaban J connectivity index is 1.91. The van der Waals surface area contributed by atoms with E-state index in [0.717, 1.165) is 5.92 Å². The zero-order chi connectivity index (χ0) is 16.8. The largest absolute Gasteiger partial charge is 0.141 e. The van der Waals surface area contributed by atoms with Crippen molar-refractivity contribution in [3.8, 4) is 0 Å². The van der Waals surface area contributed by atoms with Crippen molar-refractivity contribution in [2.24, 2.45) is 11.3 Å². The van der Waals surface area contributed by atoms with Gasteiger partial charge in [-0.2, -0.15) is 0 Å². The van der Waals surface area contributed by atoms with Crippen molar-refractivity contribution in [2.45, 2.75) is 85.0 Å². The minimum atomic E-state index is 0.162. The fraction of sp³-hybridized carbons (Fsp3) is 0.789. The van der Waals surface area contributed by atoms with E-state index in [1.807, 2.05) is 11.3 Å². The minimum absolute atomic E-state index is 0.162. The molecule has 2 aromatic rings. The van der Waals surface area contributed by atoms with Crippen LogP contribution in [0, 0.1) is 11.3 Å². The third kappa shape index (κ3) is 3.48. The highest BCUT2D eigenvalue weighted by Gasteiger charge is 2.32. The minimum Gasteiger partial charge on any atom is -0.141 e. The zero-order valence-corrected chi connectivity index (χ0v) is 17.0. The standard InChI is InChI=1S/C19H30N2S2/c1-18(2,3)13-9-7-8-12(10-11-13)15-16-14(20-21-23-16)17(22-15)19(4,5)6/h12-13H,7-11H2,1-6H3. The summed E-state index contributed by atoms with van der Waals surface area (Å²) in [5, 5.41) is 4.46. The molecule has 1 saturated carbocycles. The van der Waals surface area contributed by atoms with Gasteiger partial charge in [0.15, 0.2) is 0 Å². The van der Waals surface area contributed by atoms with Crippen molar-refractivity contribution in [3.05, 3.63) is 9.75 Å². The van der Waals surface area contributed by atoms with E-state index in [0.29, 0.717) is 11.3 Å². The number of hydrogen-bond acceptors (Lipinski definition) is 4. The van der Waals surface area contributed by atoms with E-state index in [4.69, 9.17) is 0 Å². The van der Waals surface area contributed by atoms with Crippen LogP contribution in [0.2, 0.25) is 0 Å². The maximum Gasteiger partial charge on any atom is 0.120 e. The smallest absolute Gasteiger partial charge is 0.120 e. The molecule has 2 atom stereocenters. The Hall–Kier alpha value is -0.480. The second kappa shape index (κ2) is 6.11. The van der Waals surface area contributed by atoms with Crippen LogP contribution in [-0.4, -0.2) is 9.59 Å². The Morgan fingerprint density at radius 2 is 1.70 bits per heavy atom.